The third-order valence-electron chi connectivity index (χ3n) is 7.93. The van der Waals surface area contributed by atoms with Crippen molar-refractivity contribution in [1.82, 2.24) is 4.57 Å². The van der Waals surface area contributed by atoms with Crippen molar-refractivity contribution >= 4 is 11.8 Å². The standard InChI is InChI=1S/C39H46FNO6/c1-25(2)37-36(33(45)21-26-11-13-27(24-42)14-12-26)35(28-9-7-6-8-10-28)38(29-15-17-30(40)18-16-29)41(37)20-19-31(43)22-32(44)23-34(46)47-39(3,4)5/h6-18,25,31-32,42-44H,19-24H2,1-5H3/t31-,32-/m1/s1. The van der Waals surface area contributed by atoms with Crippen LogP contribution in [0.5, 0.6) is 0 Å². The Bertz CT molecular complexity index is 1640. The van der Waals surface area contributed by atoms with Gasteiger partial charge in [-0.2, -0.15) is 0 Å². The number of rotatable bonds is 14. The minimum atomic E-state index is -1.08. The van der Waals surface area contributed by atoms with Crippen LogP contribution in [0.1, 0.15) is 87.0 Å². The van der Waals surface area contributed by atoms with Gasteiger partial charge in [0, 0.05) is 29.8 Å². The molecule has 0 radical (unpaired) electrons. The number of hydrogen-bond acceptors (Lipinski definition) is 6. The number of hydrogen-bond donors (Lipinski definition) is 3. The van der Waals surface area contributed by atoms with E-state index in [0.29, 0.717) is 12.1 Å². The van der Waals surface area contributed by atoms with Crippen molar-refractivity contribution in [3.63, 3.8) is 0 Å². The van der Waals surface area contributed by atoms with Crippen LogP contribution in [-0.4, -0.2) is 49.4 Å². The van der Waals surface area contributed by atoms with Gasteiger partial charge in [0.15, 0.2) is 5.78 Å². The highest BCUT2D eigenvalue weighted by Gasteiger charge is 2.31. The van der Waals surface area contributed by atoms with E-state index in [4.69, 9.17) is 4.74 Å². The number of aliphatic hydroxyl groups is 3. The second-order valence-corrected chi connectivity index (χ2v) is 13.4. The fraction of sp³-hybridized carbons (Fsp3) is 0.385. The number of ether oxygens (including phenoxy) is 1. The lowest BCUT2D eigenvalue weighted by Crippen LogP contribution is -2.28. The number of Topliss-reactive ketones (excluding diaryl/α,β-unsaturated/α-hetero) is 1. The molecule has 0 saturated heterocycles. The number of carbonyl (C=O) groups is 2. The van der Waals surface area contributed by atoms with Gasteiger partial charge < -0.3 is 24.6 Å². The molecule has 0 fully saturated rings. The highest BCUT2D eigenvalue weighted by Crippen LogP contribution is 2.43. The molecule has 47 heavy (non-hydrogen) atoms. The summed E-state index contributed by atoms with van der Waals surface area (Å²) in [5.74, 6) is -1.10. The van der Waals surface area contributed by atoms with Crippen molar-refractivity contribution in [3.05, 3.63) is 107 Å². The SMILES string of the molecule is CC(C)c1c(C(=O)Cc2ccc(CO)cc2)c(-c2ccccc2)c(-c2ccc(F)cc2)n1CC[C@@H](O)C[C@@H](O)CC(=O)OC(C)(C)C. The van der Waals surface area contributed by atoms with Gasteiger partial charge in [0.2, 0.25) is 0 Å². The van der Waals surface area contributed by atoms with E-state index >= 15 is 0 Å². The second-order valence-electron chi connectivity index (χ2n) is 13.4. The Morgan fingerprint density at radius 1 is 0.851 bits per heavy atom. The van der Waals surface area contributed by atoms with E-state index in [0.717, 1.165) is 39.2 Å². The molecule has 7 nitrogen and oxygen atoms in total. The van der Waals surface area contributed by atoms with Crippen molar-refractivity contribution in [2.75, 3.05) is 0 Å². The molecule has 3 aromatic carbocycles. The Balaban J connectivity index is 1.78. The van der Waals surface area contributed by atoms with E-state index in [1.54, 1.807) is 45.0 Å². The van der Waals surface area contributed by atoms with Crippen LogP contribution in [0.4, 0.5) is 4.39 Å². The van der Waals surface area contributed by atoms with Crippen LogP contribution in [0, 0.1) is 5.82 Å². The molecule has 0 aliphatic rings. The maximum Gasteiger partial charge on any atom is 0.308 e. The summed E-state index contributed by atoms with van der Waals surface area (Å²) in [6.07, 6.45) is -1.91. The number of benzene rings is 3. The average Bonchev–Trinajstić information content (AvgIpc) is 3.35. The number of carbonyl (C=O) groups excluding carboxylic acids is 2. The normalized spacial score (nSPS) is 13.1. The van der Waals surface area contributed by atoms with Crippen molar-refractivity contribution < 1.29 is 34.0 Å². The van der Waals surface area contributed by atoms with Gasteiger partial charge in [-0.15, -0.1) is 0 Å². The summed E-state index contributed by atoms with van der Waals surface area (Å²) < 4.78 is 21.5. The van der Waals surface area contributed by atoms with Gasteiger partial charge in [0.25, 0.3) is 0 Å². The maximum atomic E-state index is 14.4. The zero-order valence-corrected chi connectivity index (χ0v) is 27.9. The first kappa shape index (κ1) is 35.7. The molecule has 0 amide bonds. The molecule has 4 aromatic rings. The van der Waals surface area contributed by atoms with Gasteiger partial charge in [-0.3, -0.25) is 9.59 Å². The quantitative estimate of drug-likeness (QED) is 0.0988. The van der Waals surface area contributed by atoms with Gasteiger partial charge in [-0.1, -0.05) is 68.4 Å². The first-order chi connectivity index (χ1) is 22.3. The summed E-state index contributed by atoms with van der Waals surface area (Å²) in [4.78, 5) is 26.6. The molecule has 0 saturated carbocycles. The maximum absolute atomic E-state index is 14.4. The molecule has 0 bridgehead atoms. The summed E-state index contributed by atoms with van der Waals surface area (Å²) in [5.41, 5.74) is 5.27. The molecule has 3 N–H and O–H groups in total. The third kappa shape index (κ3) is 9.47. The predicted octanol–water partition coefficient (Wildman–Crippen LogP) is 7.24. The van der Waals surface area contributed by atoms with Crippen LogP contribution >= 0.6 is 0 Å². The number of aliphatic hydroxyl groups excluding tert-OH is 3. The third-order valence-corrected chi connectivity index (χ3v) is 7.93. The van der Waals surface area contributed by atoms with Gasteiger partial charge in [0.05, 0.1) is 30.9 Å². The lowest BCUT2D eigenvalue weighted by atomic mass is 9.90. The summed E-state index contributed by atoms with van der Waals surface area (Å²) in [6, 6.07) is 23.1. The van der Waals surface area contributed by atoms with Crippen molar-refractivity contribution in [2.45, 2.75) is 97.2 Å². The number of ketones is 1. The van der Waals surface area contributed by atoms with Crippen LogP contribution in [0.2, 0.25) is 0 Å². The molecule has 2 atom stereocenters. The van der Waals surface area contributed by atoms with Crippen molar-refractivity contribution in [3.8, 4) is 22.4 Å². The van der Waals surface area contributed by atoms with E-state index in [-0.39, 0.29) is 49.8 Å². The minimum absolute atomic E-state index is 0.0232. The van der Waals surface area contributed by atoms with Gasteiger partial charge in [0.1, 0.15) is 11.4 Å². The Kier molecular flexibility index (Phi) is 11.9. The number of halogens is 1. The smallest absolute Gasteiger partial charge is 0.308 e. The zero-order valence-electron chi connectivity index (χ0n) is 27.9. The number of aromatic nitrogens is 1. The Labute approximate surface area is 276 Å². The number of esters is 1. The van der Waals surface area contributed by atoms with Crippen LogP contribution in [0.25, 0.3) is 22.4 Å². The molecular weight excluding hydrogens is 597 g/mol. The molecule has 0 spiro atoms. The second kappa shape index (κ2) is 15.7. The first-order valence-electron chi connectivity index (χ1n) is 16.1. The summed E-state index contributed by atoms with van der Waals surface area (Å²) in [5, 5.41) is 31.1. The van der Waals surface area contributed by atoms with Crippen LogP contribution in [0.15, 0.2) is 78.9 Å². The largest absolute Gasteiger partial charge is 0.460 e. The lowest BCUT2D eigenvalue weighted by molar-refractivity contribution is -0.157. The van der Waals surface area contributed by atoms with E-state index in [2.05, 4.69) is 0 Å². The monoisotopic (exact) mass is 643 g/mol. The Morgan fingerprint density at radius 3 is 2.04 bits per heavy atom. The van der Waals surface area contributed by atoms with Crippen LogP contribution in [0.3, 0.4) is 0 Å². The average molecular weight is 644 g/mol. The van der Waals surface area contributed by atoms with Crippen molar-refractivity contribution in [2.24, 2.45) is 0 Å². The first-order valence-corrected chi connectivity index (χ1v) is 16.1. The Morgan fingerprint density at radius 2 is 1.47 bits per heavy atom. The molecule has 0 unspecified atom stereocenters. The highest BCUT2D eigenvalue weighted by molar-refractivity contribution is 6.08. The molecule has 0 aliphatic heterocycles. The zero-order chi connectivity index (χ0) is 34.3. The number of nitrogens with zero attached hydrogens (tertiary/aromatic N) is 1. The fourth-order valence-electron chi connectivity index (χ4n) is 5.95. The topological polar surface area (TPSA) is 109 Å². The summed E-state index contributed by atoms with van der Waals surface area (Å²) in [7, 11) is 0. The van der Waals surface area contributed by atoms with Crippen LogP contribution < -0.4 is 0 Å². The molecule has 4 rings (SSSR count). The summed E-state index contributed by atoms with van der Waals surface area (Å²) in [6.45, 7) is 9.51. The predicted molar refractivity (Wildman–Crippen MR) is 181 cm³/mol. The lowest BCUT2D eigenvalue weighted by Gasteiger charge is -2.22. The fourth-order valence-corrected chi connectivity index (χ4v) is 5.95. The highest BCUT2D eigenvalue weighted by atomic mass is 19.1. The van der Waals surface area contributed by atoms with E-state index in [1.165, 1.54) is 12.1 Å². The van der Waals surface area contributed by atoms with E-state index < -0.39 is 23.8 Å². The minimum Gasteiger partial charge on any atom is -0.460 e. The molecule has 1 heterocycles. The van der Waals surface area contributed by atoms with E-state index in [1.807, 2.05) is 60.9 Å². The molecule has 8 heteroatoms. The van der Waals surface area contributed by atoms with Crippen molar-refractivity contribution in [1.29, 1.82) is 0 Å². The summed E-state index contributed by atoms with van der Waals surface area (Å²) >= 11 is 0. The van der Waals surface area contributed by atoms with Gasteiger partial charge in [-0.05, 0) is 86.1 Å². The molecule has 0 aliphatic carbocycles. The molecule has 250 valence electrons. The Hall–Kier alpha value is -4.11. The van der Waals surface area contributed by atoms with Gasteiger partial charge >= 0.3 is 5.97 Å². The molecular formula is C39H46FNO6. The van der Waals surface area contributed by atoms with E-state index in [9.17, 15) is 29.3 Å². The van der Waals surface area contributed by atoms with Crippen LogP contribution in [-0.2, 0) is 29.1 Å². The molecule has 1 aromatic heterocycles. The van der Waals surface area contributed by atoms with Gasteiger partial charge in [-0.25, -0.2) is 4.39 Å².